The van der Waals surface area contributed by atoms with Gasteiger partial charge in [0.15, 0.2) is 0 Å². The summed E-state index contributed by atoms with van der Waals surface area (Å²) in [4.78, 5) is 26.6. The fourth-order valence-corrected chi connectivity index (χ4v) is 3.42. The lowest BCUT2D eigenvalue weighted by atomic mass is 9.90. The first kappa shape index (κ1) is 16.7. The summed E-state index contributed by atoms with van der Waals surface area (Å²) in [5, 5.41) is 7.90. The predicted molar refractivity (Wildman–Crippen MR) is 96.4 cm³/mol. The maximum Gasteiger partial charge on any atom is 0.291 e. The summed E-state index contributed by atoms with van der Waals surface area (Å²) < 4.78 is 3.09. The molecule has 0 aliphatic carbocycles. The fourth-order valence-electron chi connectivity index (χ4n) is 2.59. The molecule has 24 heavy (non-hydrogen) atoms. The van der Waals surface area contributed by atoms with Gasteiger partial charge in [-0.15, -0.1) is 11.3 Å². The van der Waals surface area contributed by atoms with Crippen LogP contribution in [0.1, 0.15) is 31.3 Å². The highest BCUT2D eigenvalue weighted by Gasteiger charge is 2.31. The van der Waals surface area contributed by atoms with Crippen LogP contribution in [0, 0.1) is 5.41 Å². The number of likely N-dealkylation sites (N-methyl/N-ethyl adjacent to an activating group) is 1. The molecule has 2 amide bonds. The fraction of sp³-hybridized carbons (Fsp3) is 0.471. The number of hydrogen-bond acceptors (Lipinski definition) is 4. The van der Waals surface area contributed by atoms with Crippen LogP contribution in [0.3, 0.4) is 0 Å². The van der Waals surface area contributed by atoms with Gasteiger partial charge in [-0.05, 0) is 17.5 Å². The van der Waals surface area contributed by atoms with Gasteiger partial charge < -0.3 is 9.47 Å². The van der Waals surface area contributed by atoms with Crippen molar-refractivity contribution in [2.45, 2.75) is 27.3 Å². The van der Waals surface area contributed by atoms with Crippen LogP contribution in [0.15, 0.2) is 22.6 Å². The number of amides is 2. The molecule has 1 aliphatic heterocycles. The number of rotatable bonds is 2. The lowest BCUT2D eigenvalue weighted by Crippen LogP contribution is -2.38. The minimum Gasteiger partial charge on any atom is -0.347 e. The van der Waals surface area contributed by atoms with Gasteiger partial charge in [0.05, 0.1) is 22.5 Å². The summed E-state index contributed by atoms with van der Waals surface area (Å²) in [6.07, 6.45) is 0. The second-order valence-corrected chi connectivity index (χ2v) is 8.18. The molecule has 0 atom stereocenters. The summed E-state index contributed by atoms with van der Waals surface area (Å²) in [5.41, 5.74) is 2.31. The van der Waals surface area contributed by atoms with Crippen LogP contribution in [0.5, 0.6) is 0 Å². The number of fused-ring (bicyclic) bond motifs is 3. The smallest absolute Gasteiger partial charge is 0.291 e. The van der Waals surface area contributed by atoms with Gasteiger partial charge >= 0.3 is 0 Å². The molecule has 7 heteroatoms. The maximum atomic E-state index is 13.0. The maximum absolute atomic E-state index is 13.0. The van der Waals surface area contributed by atoms with Crippen molar-refractivity contribution < 1.29 is 9.59 Å². The van der Waals surface area contributed by atoms with Crippen LogP contribution in [0.2, 0.25) is 0 Å². The monoisotopic (exact) mass is 346 g/mol. The van der Waals surface area contributed by atoms with Crippen LogP contribution >= 0.6 is 11.3 Å². The molecule has 0 N–H and O–H groups in total. The van der Waals surface area contributed by atoms with Gasteiger partial charge in [0.1, 0.15) is 12.2 Å². The zero-order valence-electron chi connectivity index (χ0n) is 14.7. The van der Waals surface area contributed by atoms with E-state index in [2.05, 4.69) is 25.9 Å². The highest BCUT2D eigenvalue weighted by molar-refractivity contribution is 7.17. The first-order chi connectivity index (χ1) is 11.2. The molecule has 0 spiro atoms. The van der Waals surface area contributed by atoms with Crippen molar-refractivity contribution in [3.8, 4) is 0 Å². The van der Waals surface area contributed by atoms with Crippen LogP contribution in [-0.4, -0.2) is 52.6 Å². The third kappa shape index (κ3) is 2.84. The summed E-state index contributed by atoms with van der Waals surface area (Å²) >= 11 is 1.61. The van der Waals surface area contributed by atoms with Gasteiger partial charge in [-0.1, -0.05) is 20.8 Å². The Balaban J connectivity index is 2.11. The van der Waals surface area contributed by atoms with Gasteiger partial charge in [-0.3, -0.25) is 9.59 Å². The molecule has 3 heterocycles. The number of aromatic nitrogens is 1. The molecular weight excluding hydrogens is 324 g/mol. The Hall–Kier alpha value is -2.15. The van der Waals surface area contributed by atoms with E-state index in [1.165, 1.54) is 9.91 Å². The van der Waals surface area contributed by atoms with Crippen molar-refractivity contribution in [3.63, 3.8) is 0 Å². The third-order valence-corrected chi connectivity index (χ3v) is 5.03. The van der Waals surface area contributed by atoms with E-state index in [-0.39, 0.29) is 23.8 Å². The highest BCUT2D eigenvalue weighted by Crippen LogP contribution is 2.30. The van der Waals surface area contributed by atoms with E-state index in [0.29, 0.717) is 12.2 Å². The van der Waals surface area contributed by atoms with E-state index < -0.39 is 0 Å². The minimum atomic E-state index is -0.229. The summed E-state index contributed by atoms with van der Waals surface area (Å²) in [6.45, 7) is 6.71. The zero-order chi connectivity index (χ0) is 17.6. The number of thiophene rings is 1. The Morgan fingerprint density at radius 3 is 2.71 bits per heavy atom. The van der Waals surface area contributed by atoms with Gasteiger partial charge in [-0.25, -0.2) is 5.01 Å². The normalized spacial score (nSPS) is 15.3. The molecule has 0 bridgehead atoms. The van der Waals surface area contributed by atoms with Crippen molar-refractivity contribution in [1.82, 2.24) is 14.5 Å². The van der Waals surface area contributed by atoms with Crippen molar-refractivity contribution in [2.75, 3.05) is 20.6 Å². The molecule has 6 nitrogen and oxygen atoms in total. The average Bonchev–Trinajstić information content (AvgIpc) is 3.02. The minimum absolute atomic E-state index is 0.0513. The van der Waals surface area contributed by atoms with E-state index in [9.17, 15) is 9.59 Å². The second-order valence-electron chi connectivity index (χ2n) is 7.23. The lowest BCUT2D eigenvalue weighted by Gasteiger charge is -2.23. The highest BCUT2D eigenvalue weighted by atomic mass is 32.1. The molecule has 0 unspecified atom stereocenters. The number of carbonyl (C=O) groups is 2. The molecule has 3 rings (SSSR count). The largest absolute Gasteiger partial charge is 0.347 e. The van der Waals surface area contributed by atoms with Gasteiger partial charge in [-0.2, -0.15) is 5.10 Å². The molecule has 0 saturated carbocycles. The number of nitrogens with zero attached hydrogens (tertiary/aromatic N) is 4. The molecule has 2 aromatic rings. The van der Waals surface area contributed by atoms with Gasteiger partial charge in [0.25, 0.3) is 5.91 Å². The Labute approximate surface area is 145 Å². The summed E-state index contributed by atoms with van der Waals surface area (Å²) in [7, 11) is 3.36. The molecular formula is C17H22N4O2S. The van der Waals surface area contributed by atoms with Crippen LogP contribution in [-0.2, 0) is 11.3 Å². The predicted octanol–water partition coefficient (Wildman–Crippen LogP) is 2.65. The molecule has 0 radical (unpaired) electrons. The summed E-state index contributed by atoms with van der Waals surface area (Å²) in [5.74, 6) is -0.380. The quantitative estimate of drug-likeness (QED) is 0.839. The molecule has 2 aromatic heterocycles. The number of hydrazone groups is 1. The first-order valence-electron chi connectivity index (χ1n) is 7.85. The number of carbonyl (C=O) groups excluding carboxylic acids is 2. The Bertz CT molecular complexity index is 839. The van der Waals surface area contributed by atoms with E-state index >= 15 is 0 Å². The zero-order valence-corrected chi connectivity index (χ0v) is 15.5. The van der Waals surface area contributed by atoms with Crippen molar-refractivity contribution in [1.29, 1.82) is 0 Å². The van der Waals surface area contributed by atoms with E-state index in [1.54, 1.807) is 25.4 Å². The molecule has 128 valence electrons. The van der Waals surface area contributed by atoms with Crippen LogP contribution in [0.4, 0.5) is 0 Å². The number of hydrogen-bond donors (Lipinski definition) is 0. The Morgan fingerprint density at radius 1 is 1.38 bits per heavy atom. The van der Waals surface area contributed by atoms with Gasteiger partial charge in [0, 0.05) is 19.5 Å². The van der Waals surface area contributed by atoms with E-state index in [0.717, 1.165) is 15.9 Å². The molecule has 0 aromatic carbocycles. The van der Waals surface area contributed by atoms with Gasteiger partial charge in [0.2, 0.25) is 5.91 Å². The van der Waals surface area contributed by atoms with E-state index in [1.807, 2.05) is 22.1 Å². The van der Waals surface area contributed by atoms with E-state index in [4.69, 9.17) is 0 Å². The van der Waals surface area contributed by atoms with Crippen molar-refractivity contribution in [2.24, 2.45) is 10.5 Å². The Morgan fingerprint density at radius 2 is 2.08 bits per heavy atom. The average molecular weight is 346 g/mol. The van der Waals surface area contributed by atoms with Crippen molar-refractivity contribution >= 4 is 39.1 Å². The standard InChI is InChI=1S/C17H22N4O2S/c1-17(2,3)14-9-20-11-6-7-24-13(11)8-12(20)16(23)21(18-14)10-15(22)19(4)5/h6-8H,9-10H2,1-5H3. The summed E-state index contributed by atoms with van der Waals surface area (Å²) in [6, 6.07) is 3.92. The van der Waals surface area contributed by atoms with Crippen molar-refractivity contribution in [3.05, 3.63) is 23.2 Å². The lowest BCUT2D eigenvalue weighted by molar-refractivity contribution is -0.129. The third-order valence-electron chi connectivity index (χ3n) is 4.18. The van der Waals surface area contributed by atoms with Crippen LogP contribution in [0.25, 0.3) is 10.2 Å². The molecule has 0 saturated heterocycles. The Kier molecular flexibility index (Phi) is 3.99. The first-order valence-corrected chi connectivity index (χ1v) is 8.73. The van der Waals surface area contributed by atoms with Crippen LogP contribution < -0.4 is 0 Å². The molecule has 0 fully saturated rings. The molecule has 1 aliphatic rings. The SMILES string of the molecule is CN(C)C(=O)CN1N=C(C(C)(C)C)Cn2c(cc3sccc32)C1=O. The second kappa shape index (κ2) is 5.73. The topological polar surface area (TPSA) is 57.9 Å².